The summed E-state index contributed by atoms with van der Waals surface area (Å²) in [5.74, 6) is -0.865. The molecule has 2 heterocycles. The Hall–Kier alpha value is -3.63. The maximum absolute atomic E-state index is 12.9. The molecule has 26 heavy (non-hydrogen) atoms. The molecule has 1 amide bonds. The molecule has 0 unspecified atom stereocenters. The average molecular weight is 358 g/mol. The van der Waals surface area contributed by atoms with Crippen LogP contribution in [0.1, 0.15) is 41.5 Å². The van der Waals surface area contributed by atoms with Crippen molar-refractivity contribution in [3.05, 3.63) is 47.0 Å². The van der Waals surface area contributed by atoms with Crippen LogP contribution in [0.4, 0.5) is 10.2 Å². The molecule has 3 aromatic rings. The third-order valence-electron chi connectivity index (χ3n) is 3.41. The number of carbonyl (C=O) groups is 1. The van der Waals surface area contributed by atoms with Crippen molar-refractivity contribution in [1.82, 2.24) is 30.7 Å². The highest BCUT2D eigenvalue weighted by atomic mass is 19.1. The number of benzene rings is 1. The van der Waals surface area contributed by atoms with E-state index in [0.717, 1.165) is 0 Å². The highest BCUT2D eigenvalue weighted by Gasteiger charge is 2.25. The fraction of sp³-hybridized carbons (Fsp3) is 0.200. The van der Waals surface area contributed by atoms with Gasteiger partial charge in [-0.05, 0) is 33.9 Å². The Labute approximate surface area is 146 Å². The van der Waals surface area contributed by atoms with Gasteiger partial charge in [-0.3, -0.25) is 4.79 Å². The SMILES string of the molecule is CC(C)c1c(C(=O)NN=Cc2ccc(F)cc2)nnn1-c1nonc1N. The maximum Gasteiger partial charge on any atom is 0.293 e. The Morgan fingerprint density at radius 3 is 2.69 bits per heavy atom. The van der Waals surface area contributed by atoms with Crippen LogP contribution in [-0.2, 0) is 0 Å². The molecule has 0 aliphatic rings. The number of nitrogens with two attached hydrogens (primary N) is 1. The monoisotopic (exact) mass is 358 g/mol. The number of nitrogens with one attached hydrogen (secondary N) is 1. The van der Waals surface area contributed by atoms with E-state index in [1.165, 1.54) is 35.2 Å². The summed E-state index contributed by atoms with van der Waals surface area (Å²) in [6.45, 7) is 3.72. The second kappa shape index (κ2) is 7.09. The number of hydrogen-bond donors (Lipinski definition) is 2. The minimum absolute atomic E-state index is 0.0260. The van der Waals surface area contributed by atoms with Crippen molar-refractivity contribution in [2.24, 2.45) is 5.10 Å². The normalized spacial score (nSPS) is 11.4. The number of halogens is 1. The zero-order chi connectivity index (χ0) is 18.7. The molecule has 0 saturated heterocycles. The summed E-state index contributed by atoms with van der Waals surface area (Å²) in [5.41, 5.74) is 9.20. The number of carbonyl (C=O) groups excluding carboxylic acids is 1. The first-order valence-corrected chi connectivity index (χ1v) is 7.60. The van der Waals surface area contributed by atoms with E-state index in [2.05, 4.69) is 35.8 Å². The van der Waals surface area contributed by atoms with Crippen LogP contribution in [0.5, 0.6) is 0 Å². The van der Waals surface area contributed by atoms with Gasteiger partial charge in [-0.1, -0.05) is 31.2 Å². The number of hydrogen-bond acceptors (Lipinski definition) is 8. The van der Waals surface area contributed by atoms with Crippen LogP contribution in [0.25, 0.3) is 5.82 Å². The lowest BCUT2D eigenvalue weighted by Gasteiger charge is -2.08. The highest BCUT2D eigenvalue weighted by molar-refractivity contribution is 5.94. The van der Waals surface area contributed by atoms with E-state index < -0.39 is 5.91 Å². The lowest BCUT2D eigenvalue weighted by Crippen LogP contribution is -2.21. The van der Waals surface area contributed by atoms with E-state index in [-0.39, 0.29) is 29.1 Å². The largest absolute Gasteiger partial charge is 0.378 e. The van der Waals surface area contributed by atoms with Gasteiger partial charge in [0, 0.05) is 0 Å². The second-order valence-electron chi connectivity index (χ2n) is 5.61. The summed E-state index contributed by atoms with van der Waals surface area (Å²) in [5, 5.41) is 18.8. The molecular formula is C15H15FN8O2. The highest BCUT2D eigenvalue weighted by Crippen LogP contribution is 2.22. The first-order chi connectivity index (χ1) is 12.5. The van der Waals surface area contributed by atoms with Crippen LogP contribution in [0.2, 0.25) is 0 Å². The minimum atomic E-state index is -0.562. The van der Waals surface area contributed by atoms with Crippen molar-refractivity contribution in [3.63, 3.8) is 0 Å². The molecule has 2 aromatic heterocycles. The molecule has 0 bridgehead atoms. The standard InChI is InChI=1S/C15H15FN8O2/c1-8(2)12-11(19-23-24(12)14-13(17)21-26-22-14)15(25)20-18-7-9-3-5-10(16)6-4-9/h3-8H,1-2H3,(H2,17,21)(H,20,25). The molecule has 134 valence electrons. The average Bonchev–Trinajstić information content (AvgIpc) is 3.22. The van der Waals surface area contributed by atoms with Crippen LogP contribution in [0.15, 0.2) is 34.0 Å². The Balaban J connectivity index is 1.82. The van der Waals surface area contributed by atoms with Gasteiger partial charge in [0.25, 0.3) is 5.91 Å². The van der Waals surface area contributed by atoms with Crippen LogP contribution in [-0.4, -0.2) is 37.4 Å². The van der Waals surface area contributed by atoms with Crippen LogP contribution >= 0.6 is 0 Å². The zero-order valence-corrected chi connectivity index (χ0v) is 13.9. The fourth-order valence-electron chi connectivity index (χ4n) is 2.23. The van der Waals surface area contributed by atoms with Crippen molar-refractivity contribution >= 4 is 17.9 Å². The quantitative estimate of drug-likeness (QED) is 0.517. The third-order valence-corrected chi connectivity index (χ3v) is 3.41. The molecule has 0 radical (unpaired) electrons. The van der Waals surface area contributed by atoms with E-state index in [0.29, 0.717) is 11.3 Å². The van der Waals surface area contributed by atoms with Crippen molar-refractivity contribution in [2.75, 3.05) is 5.73 Å². The summed E-state index contributed by atoms with van der Waals surface area (Å²) in [6.07, 6.45) is 1.39. The van der Waals surface area contributed by atoms with E-state index in [4.69, 9.17) is 5.73 Å². The second-order valence-corrected chi connectivity index (χ2v) is 5.61. The van der Waals surface area contributed by atoms with E-state index >= 15 is 0 Å². The summed E-state index contributed by atoms with van der Waals surface area (Å²) in [4.78, 5) is 12.4. The fourth-order valence-corrected chi connectivity index (χ4v) is 2.23. The molecule has 0 aliphatic carbocycles. The minimum Gasteiger partial charge on any atom is -0.378 e. The number of amides is 1. The summed E-state index contributed by atoms with van der Waals surface area (Å²) in [6, 6.07) is 5.65. The van der Waals surface area contributed by atoms with E-state index in [9.17, 15) is 9.18 Å². The van der Waals surface area contributed by atoms with Gasteiger partial charge < -0.3 is 5.73 Å². The first kappa shape index (κ1) is 17.2. The van der Waals surface area contributed by atoms with E-state index in [1.807, 2.05) is 13.8 Å². The van der Waals surface area contributed by atoms with Crippen molar-refractivity contribution in [1.29, 1.82) is 0 Å². The van der Waals surface area contributed by atoms with Crippen LogP contribution in [0, 0.1) is 5.82 Å². The topological polar surface area (TPSA) is 137 Å². The number of rotatable bonds is 5. The van der Waals surface area contributed by atoms with Gasteiger partial charge in [-0.15, -0.1) is 5.10 Å². The molecule has 3 N–H and O–H groups in total. The van der Waals surface area contributed by atoms with Gasteiger partial charge in [0.1, 0.15) is 5.82 Å². The first-order valence-electron chi connectivity index (χ1n) is 7.60. The zero-order valence-electron chi connectivity index (χ0n) is 13.9. The maximum atomic E-state index is 12.9. The Kier molecular flexibility index (Phi) is 4.69. The summed E-state index contributed by atoms with van der Waals surface area (Å²) in [7, 11) is 0. The van der Waals surface area contributed by atoms with Gasteiger partial charge in [0.15, 0.2) is 5.69 Å². The van der Waals surface area contributed by atoms with E-state index in [1.54, 1.807) is 0 Å². The van der Waals surface area contributed by atoms with Crippen LogP contribution in [0.3, 0.4) is 0 Å². The molecule has 0 saturated carbocycles. The lowest BCUT2D eigenvalue weighted by molar-refractivity contribution is 0.0948. The van der Waals surface area contributed by atoms with Crippen molar-refractivity contribution in [3.8, 4) is 5.82 Å². The molecular weight excluding hydrogens is 343 g/mol. The molecule has 3 rings (SSSR count). The predicted octanol–water partition coefficient (Wildman–Crippen LogP) is 1.26. The molecule has 0 fully saturated rings. The molecule has 11 heteroatoms. The Morgan fingerprint density at radius 1 is 1.35 bits per heavy atom. The number of nitrogen functional groups attached to an aromatic ring is 1. The lowest BCUT2D eigenvalue weighted by atomic mass is 10.1. The molecule has 0 spiro atoms. The van der Waals surface area contributed by atoms with Gasteiger partial charge in [-0.2, -0.15) is 9.78 Å². The number of aromatic nitrogens is 5. The molecule has 1 aromatic carbocycles. The summed E-state index contributed by atoms with van der Waals surface area (Å²) < 4.78 is 18.7. The summed E-state index contributed by atoms with van der Waals surface area (Å²) >= 11 is 0. The molecule has 0 aliphatic heterocycles. The number of anilines is 1. The van der Waals surface area contributed by atoms with Gasteiger partial charge in [0.2, 0.25) is 11.6 Å². The third kappa shape index (κ3) is 3.41. The Bertz CT molecular complexity index is 945. The molecule has 0 atom stereocenters. The van der Waals surface area contributed by atoms with Gasteiger partial charge in [0.05, 0.1) is 11.9 Å². The number of nitrogens with zero attached hydrogens (tertiary/aromatic N) is 6. The van der Waals surface area contributed by atoms with Crippen molar-refractivity contribution in [2.45, 2.75) is 19.8 Å². The predicted molar refractivity (Wildman–Crippen MR) is 89.2 cm³/mol. The smallest absolute Gasteiger partial charge is 0.293 e. The molecule has 10 nitrogen and oxygen atoms in total. The van der Waals surface area contributed by atoms with Gasteiger partial charge >= 0.3 is 0 Å². The van der Waals surface area contributed by atoms with Gasteiger partial charge in [-0.25, -0.2) is 14.4 Å². The van der Waals surface area contributed by atoms with Crippen LogP contribution < -0.4 is 11.2 Å². The van der Waals surface area contributed by atoms with Crippen molar-refractivity contribution < 1.29 is 13.8 Å². The Morgan fingerprint density at radius 2 is 2.08 bits per heavy atom. The number of hydrazone groups is 1.